The first-order valence-electron chi connectivity index (χ1n) is 6.85. The number of benzene rings is 1. The normalized spacial score (nSPS) is 22.5. The molecule has 1 aromatic rings. The van der Waals surface area contributed by atoms with E-state index < -0.39 is 0 Å². The Bertz CT molecular complexity index is 430. The largest absolute Gasteiger partial charge is 0.381 e. The number of carbonyl (C=O) groups excluding carboxylic acids is 1. The number of carbonyl (C=O) groups is 1. The summed E-state index contributed by atoms with van der Waals surface area (Å²) in [6.07, 6.45) is 1.21. The van der Waals surface area contributed by atoms with Crippen LogP contribution >= 0.6 is 11.8 Å². The second-order valence-corrected chi connectivity index (χ2v) is 6.81. The van der Waals surface area contributed by atoms with Gasteiger partial charge in [0.25, 0.3) is 5.91 Å². The summed E-state index contributed by atoms with van der Waals surface area (Å²) < 4.78 is 0. The van der Waals surface area contributed by atoms with Crippen LogP contribution in [0, 0.1) is 0 Å². The van der Waals surface area contributed by atoms with Gasteiger partial charge >= 0.3 is 0 Å². The molecule has 1 heterocycles. The van der Waals surface area contributed by atoms with Crippen LogP contribution in [-0.4, -0.2) is 29.0 Å². The van der Waals surface area contributed by atoms with Crippen molar-refractivity contribution in [2.45, 2.75) is 44.5 Å². The fourth-order valence-electron chi connectivity index (χ4n) is 2.20. The average Bonchev–Trinajstić information content (AvgIpc) is 2.75. The molecule has 2 rings (SSSR count). The molecule has 3 nitrogen and oxygen atoms in total. The van der Waals surface area contributed by atoms with Gasteiger partial charge in [0, 0.05) is 28.6 Å². The summed E-state index contributed by atoms with van der Waals surface area (Å²) in [6.45, 7) is 6.19. The highest BCUT2D eigenvalue weighted by Crippen LogP contribution is 2.28. The second-order valence-electron chi connectivity index (χ2n) is 5.32. The van der Waals surface area contributed by atoms with Crippen LogP contribution in [0.1, 0.15) is 37.6 Å². The molecule has 104 valence electrons. The fraction of sp³-hybridized carbons (Fsp3) is 0.533. The molecular weight excluding hydrogens is 256 g/mol. The Morgan fingerprint density at radius 1 is 1.32 bits per heavy atom. The van der Waals surface area contributed by atoms with E-state index in [1.807, 2.05) is 49.9 Å². The monoisotopic (exact) mass is 278 g/mol. The number of anilines is 1. The lowest BCUT2D eigenvalue weighted by Crippen LogP contribution is -2.30. The van der Waals surface area contributed by atoms with E-state index in [2.05, 4.69) is 17.6 Å². The van der Waals surface area contributed by atoms with E-state index in [9.17, 15) is 4.79 Å². The lowest BCUT2D eigenvalue weighted by atomic mass is 10.1. The minimum Gasteiger partial charge on any atom is -0.381 e. The SMILES string of the molecule is CC(C)NC(=O)c1ccc(NC2CCSC2C)cc1. The summed E-state index contributed by atoms with van der Waals surface area (Å²) in [5, 5.41) is 7.10. The summed E-state index contributed by atoms with van der Waals surface area (Å²) in [5.41, 5.74) is 1.81. The van der Waals surface area contributed by atoms with Crippen LogP contribution in [0.3, 0.4) is 0 Å². The van der Waals surface area contributed by atoms with E-state index in [0.29, 0.717) is 16.9 Å². The van der Waals surface area contributed by atoms with Crippen LogP contribution < -0.4 is 10.6 Å². The van der Waals surface area contributed by atoms with Gasteiger partial charge in [-0.25, -0.2) is 0 Å². The third kappa shape index (κ3) is 3.90. The third-order valence-electron chi connectivity index (χ3n) is 3.30. The molecule has 1 aliphatic heterocycles. The van der Waals surface area contributed by atoms with E-state index in [1.54, 1.807) is 0 Å². The molecule has 1 fully saturated rings. The molecular formula is C15H22N2OS. The van der Waals surface area contributed by atoms with Crippen molar-refractivity contribution in [1.82, 2.24) is 5.32 Å². The lowest BCUT2D eigenvalue weighted by molar-refractivity contribution is 0.0943. The predicted molar refractivity (Wildman–Crippen MR) is 83.0 cm³/mol. The van der Waals surface area contributed by atoms with Gasteiger partial charge in [0.05, 0.1) is 0 Å². The molecule has 0 aromatic heterocycles. The van der Waals surface area contributed by atoms with E-state index in [4.69, 9.17) is 0 Å². The summed E-state index contributed by atoms with van der Waals surface area (Å²) in [7, 11) is 0. The van der Waals surface area contributed by atoms with Crippen LogP contribution in [0.4, 0.5) is 5.69 Å². The summed E-state index contributed by atoms with van der Waals surface area (Å²) >= 11 is 2.01. The van der Waals surface area contributed by atoms with E-state index >= 15 is 0 Å². The van der Waals surface area contributed by atoms with Gasteiger partial charge in [-0.2, -0.15) is 11.8 Å². The minimum absolute atomic E-state index is 0.00802. The summed E-state index contributed by atoms with van der Waals surface area (Å²) in [4.78, 5) is 11.8. The van der Waals surface area contributed by atoms with Gasteiger partial charge in [-0.3, -0.25) is 4.79 Å². The predicted octanol–water partition coefficient (Wildman–Crippen LogP) is 3.13. The highest BCUT2D eigenvalue weighted by atomic mass is 32.2. The highest BCUT2D eigenvalue weighted by Gasteiger charge is 2.23. The Morgan fingerprint density at radius 2 is 2.00 bits per heavy atom. The number of thioether (sulfide) groups is 1. The molecule has 0 aliphatic carbocycles. The van der Waals surface area contributed by atoms with Gasteiger partial charge in [0.15, 0.2) is 0 Å². The Balaban J connectivity index is 1.96. The molecule has 0 saturated carbocycles. The maximum Gasteiger partial charge on any atom is 0.251 e. The maximum atomic E-state index is 11.8. The lowest BCUT2D eigenvalue weighted by Gasteiger charge is -2.18. The van der Waals surface area contributed by atoms with E-state index in [0.717, 1.165) is 5.69 Å². The topological polar surface area (TPSA) is 41.1 Å². The minimum atomic E-state index is -0.00802. The molecule has 4 heteroatoms. The van der Waals surface area contributed by atoms with Crippen LogP contribution in [0.5, 0.6) is 0 Å². The van der Waals surface area contributed by atoms with Crippen molar-refractivity contribution in [3.63, 3.8) is 0 Å². The van der Waals surface area contributed by atoms with Crippen molar-refractivity contribution in [3.05, 3.63) is 29.8 Å². The Morgan fingerprint density at radius 3 is 2.53 bits per heavy atom. The zero-order chi connectivity index (χ0) is 13.8. The highest BCUT2D eigenvalue weighted by molar-refractivity contribution is 8.00. The molecule has 1 saturated heterocycles. The van der Waals surface area contributed by atoms with Crippen LogP contribution in [0.15, 0.2) is 24.3 Å². The van der Waals surface area contributed by atoms with Crippen LogP contribution in [0.25, 0.3) is 0 Å². The van der Waals surface area contributed by atoms with Crippen molar-refractivity contribution in [1.29, 1.82) is 0 Å². The van der Waals surface area contributed by atoms with Crippen LogP contribution in [-0.2, 0) is 0 Å². The average molecular weight is 278 g/mol. The fourth-order valence-corrected chi connectivity index (χ4v) is 3.40. The maximum absolute atomic E-state index is 11.8. The van der Waals surface area contributed by atoms with E-state index in [-0.39, 0.29) is 11.9 Å². The quantitative estimate of drug-likeness (QED) is 0.889. The van der Waals surface area contributed by atoms with Crippen molar-refractivity contribution in [2.75, 3.05) is 11.1 Å². The molecule has 1 aromatic carbocycles. The number of amides is 1. The van der Waals surface area contributed by atoms with E-state index in [1.165, 1.54) is 12.2 Å². The Hall–Kier alpha value is -1.16. The summed E-state index contributed by atoms with van der Waals surface area (Å²) in [5.74, 6) is 1.22. The van der Waals surface area contributed by atoms with Gasteiger partial charge in [0.1, 0.15) is 0 Å². The van der Waals surface area contributed by atoms with Crippen molar-refractivity contribution in [2.24, 2.45) is 0 Å². The molecule has 0 spiro atoms. The van der Waals surface area contributed by atoms with Crippen molar-refractivity contribution >= 4 is 23.4 Å². The number of nitrogens with one attached hydrogen (secondary N) is 2. The first-order chi connectivity index (χ1) is 9.06. The van der Waals surface area contributed by atoms with Crippen molar-refractivity contribution < 1.29 is 4.79 Å². The zero-order valence-corrected chi connectivity index (χ0v) is 12.6. The molecule has 1 aliphatic rings. The molecule has 2 atom stereocenters. The standard InChI is InChI=1S/C15H22N2OS/c1-10(2)16-15(18)12-4-6-13(7-5-12)17-14-8-9-19-11(14)3/h4-7,10-11,14,17H,8-9H2,1-3H3,(H,16,18). The van der Waals surface area contributed by atoms with Crippen LogP contribution in [0.2, 0.25) is 0 Å². The Labute approximate surface area is 119 Å². The molecule has 1 amide bonds. The Kier molecular flexibility index (Phi) is 4.75. The first kappa shape index (κ1) is 14.3. The number of hydrogen-bond acceptors (Lipinski definition) is 3. The molecule has 2 N–H and O–H groups in total. The second kappa shape index (κ2) is 6.33. The van der Waals surface area contributed by atoms with Gasteiger partial charge in [-0.05, 0) is 50.3 Å². The third-order valence-corrected chi connectivity index (χ3v) is 4.62. The van der Waals surface area contributed by atoms with Gasteiger partial charge < -0.3 is 10.6 Å². The molecule has 19 heavy (non-hydrogen) atoms. The van der Waals surface area contributed by atoms with Gasteiger partial charge in [-0.15, -0.1) is 0 Å². The van der Waals surface area contributed by atoms with Gasteiger partial charge in [-0.1, -0.05) is 6.92 Å². The number of hydrogen-bond donors (Lipinski definition) is 2. The summed E-state index contributed by atoms with van der Waals surface area (Å²) in [6, 6.07) is 8.46. The molecule has 0 radical (unpaired) electrons. The molecule has 0 bridgehead atoms. The first-order valence-corrected chi connectivity index (χ1v) is 7.90. The van der Waals surface area contributed by atoms with Crippen molar-refractivity contribution in [3.8, 4) is 0 Å². The molecule has 2 unspecified atom stereocenters. The zero-order valence-electron chi connectivity index (χ0n) is 11.8. The number of rotatable bonds is 4. The smallest absolute Gasteiger partial charge is 0.251 e. The van der Waals surface area contributed by atoms with Gasteiger partial charge in [0.2, 0.25) is 0 Å².